The van der Waals surface area contributed by atoms with Gasteiger partial charge in [-0.25, -0.2) is 0 Å². The van der Waals surface area contributed by atoms with E-state index in [2.05, 4.69) is 6.92 Å². The van der Waals surface area contributed by atoms with Crippen molar-refractivity contribution >= 4 is 11.7 Å². The van der Waals surface area contributed by atoms with Crippen LogP contribution >= 0.6 is 0 Å². The zero-order valence-corrected chi connectivity index (χ0v) is 8.82. The molecule has 3 unspecified atom stereocenters. The van der Waals surface area contributed by atoms with Gasteiger partial charge in [0.2, 0.25) is 5.91 Å². The molecular weight excluding hydrogens is 178 g/mol. The van der Waals surface area contributed by atoms with Crippen molar-refractivity contribution in [2.45, 2.75) is 26.7 Å². The number of likely N-dealkylation sites (tertiary alicyclic amines) is 1. The SMILES string of the molecule is CC1CN(C(=O)C2CC2C)CCC1=O. The molecule has 0 N–H and O–H groups in total. The number of carbonyl (C=O) groups excluding carboxylic acids is 2. The second-order valence-electron chi connectivity index (χ2n) is 4.72. The third-order valence-corrected chi connectivity index (χ3v) is 3.41. The predicted octanol–water partition coefficient (Wildman–Crippen LogP) is 1.08. The smallest absolute Gasteiger partial charge is 0.225 e. The fraction of sp³-hybridized carbons (Fsp3) is 0.818. The Kier molecular flexibility index (Phi) is 2.33. The summed E-state index contributed by atoms with van der Waals surface area (Å²) in [5.41, 5.74) is 0. The highest BCUT2D eigenvalue weighted by atomic mass is 16.2. The fourth-order valence-corrected chi connectivity index (χ4v) is 2.12. The van der Waals surface area contributed by atoms with E-state index in [1.165, 1.54) is 0 Å². The second-order valence-corrected chi connectivity index (χ2v) is 4.72. The van der Waals surface area contributed by atoms with Gasteiger partial charge in [-0.15, -0.1) is 0 Å². The molecule has 1 amide bonds. The van der Waals surface area contributed by atoms with Crippen LogP contribution in [0.15, 0.2) is 0 Å². The standard InChI is InChI=1S/C11H17NO2/c1-7-5-9(7)11(14)12-4-3-10(13)8(2)6-12/h7-9H,3-6H2,1-2H3. The molecule has 2 aliphatic rings. The first-order valence-corrected chi connectivity index (χ1v) is 5.41. The third-order valence-electron chi connectivity index (χ3n) is 3.41. The topological polar surface area (TPSA) is 37.4 Å². The fourth-order valence-electron chi connectivity index (χ4n) is 2.12. The molecule has 3 atom stereocenters. The number of hydrogen-bond acceptors (Lipinski definition) is 2. The van der Waals surface area contributed by atoms with Crippen LogP contribution in [0, 0.1) is 17.8 Å². The molecule has 0 spiro atoms. The van der Waals surface area contributed by atoms with E-state index in [1.807, 2.05) is 11.8 Å². The number of hydrogen-bond donors (Lipinski definition) is 0. The minimum Gasteiger partial charge on any atom is -0.341 e. The van der Waals surface area contributed by atoms with Gasteiger partial charge < -0.3 is 4.90 Å². The summed E-state index contributed by atoms with van der Waals surface area (Å²) < 4.78 is 0. The van der Waals surface area contributed by atoms with Crippen molar-refractivity contribution in [1.29, 1.82) is 0 Å². The molecule has 1 saturated carbocycles. The molecule has 0 bridgehead atoms. The van der Waals surface area contributed by atoms with Crippen LogP contribution < -0.4 is 0 Å². The maximum absolute atomic E-state index is 11.8. The normalized spacial score (nSPS) is 37.1. The van der Waals surface area contributed by atoms with Gasteiger partial charge >= 0.3 is 0 Å². The van der Waals surface area contributed by atoms with Crippen LogP contribution in [0.1, 0.15) is 26.7 Å². The average molecular weight is 195 g/mol. The molecule has 3 nitrogen and oxygen atoms in total. The highest BCUT2D eigenvalue weighted by molar-refractivity contribution is 5.86. The van der Waals surface area contributed by atoms with Gasteiger partial charge in [-0.1, -0.05) is 13.8 Å². The summed E-state index contributed by atoms with van der Waals surface area (Å²) in [5.74, 6) is 1.45. The van der Waals surface area contributed by atoms with Crippen molar-refractivity contribution in [3.63, 3.8) is 0 Å². The zero-order chi connectivity index (χ0) is 10.3. The molecule has 78 valence electrons. The first-order valence-electron chi connectivity index (χ1n) is 5.41. The second kappa shape index (κ2) is 3.37. The molecule has 3 heteroatoms. The van der Waals surface area contributed by atoms with E-state index < -0.39 is 0 Å². The molecular formula is C11H17NO2. The van der Waals surface area contributed by atoms with E-state index in [1.54, 1.807) is 0 Å². The molecule has 2 rings (SSSR count). The summed E-state index contributed by atoms with van der Waals surface area (Å²) in [7, 11) is 0. The molecule has 1 saturated heterocycles. The van der Waals surface area contributed by atoms with Gasteiger partial charge in [0, 0.05) is 31.3 Å². The molecule has 0 radical (unpaired) electrons. The highest BCUT2D eigenvalue weighted by Gasteiger charge is 2.42. The van der Waals surface area contributed by atoms with Crippen LogP contribution in [0.25, 0.3) is 0 Å². The molecule has 0 aromatic heterocycles. The van der Waals surface area contributed by atoms with Crippen LogP contribution in [-0.2, 0) is 9.59 Å². The Balaban J connectivity index is 1.93. The predicted molar refractivity (Wildman–Crippen MR) is 52.6 cm³/mol. The summed E-state index contributed by atoms with van der Waals surface area (Å²) in [5, 5.41) is 0. The quantitative estimate of drug-likeness (QED) is 0.628. The van der Waals surface area contributed by atoms with Gasteiger partial charge in [0.15, 0.2) is 0 Å². The van der Waals surface area contributed by atoms with E-state index >= 15 is 0 Å². The number of nitrogens with zero attached hydrogens (tertiary/aromatic N) is 1. The Bertz CT molecular complexity index is 274. The number of amides is 1. The maximum Gasteiger partial charge on any atom is 0.225 e. The number of carbonyl (C=O) groups is 2. The van der Waals surface area contributed by atoms with Crippen LogP contribution in [-0.4, -0.2) is 29.7 Å². The molecule has 1 aliphatic carbocycles. The monoisotopic (exact) mass is 195 g/mol. The Morgan fingerprint density at radius 3 is 2.57 bits per heavy atom. The number of ketones is 1. The molecule has 2 fully saturated rings. The lowest BCUT2D eigenvalue weighted by atomic mass is 9.98. The summed E-state index contributed by atoms with van der Waals surface area (Å²) in [4.78, 5) is 25.0. The maximum atomic E-state index is 11.8. The Morgan fingerprint density at radius 1 is 1.43 bits per heavy atom. The molecule has 0 aromatic carbocycles. The molecule has 0 aromatic rings. The number of rotatable bonds is 1. The first kappa shape index (κ1) is 9.69. The Morgan fingerprint density at radius 2 is 2.07 bits per heavy atom. The third kappa shape index (κ3) is 1.68. The lowest BCUT2D eigenvalue weighted by molar-refractivity contribution is -0.138. The van der Waals surface area contributed by atoms with Gasteiger partial charge in [0.25, 0.3) is 0 Å². The minimum atomic E-state index is 0.0433. The van der Waals surface area contributed by atoms with Crippen molar-refractivity contribution in [3.8, 4) is 0 Å². The minimum absolute atomic E-state index is 0.0433. The van der Waals surface area contributed by atoms with Gasteiger partial charge in [0.1, 0.15) is 5.78 Å². The largest absolute Gasteiger partial charge is 0.341 e. The van der Waals surface area contributed by atoms with Crippen LogP contribution in [0.3, 0.4) is 0 Å². The van der Waals surface area contributed by atoms with Crippen LogP contribution in [0.2, 0.25) is 0 Å². The molecule has 1 heterocycles. The average Bonchev–Trinajstić information content (AvgIpc) is 2.86. The van der Waals surface area contributed by atoms with Gasteiger partial charge in [0.05, 0.1) is 0 Å². The van der Waals surface area contributed by atoms with Crippen molar-refractivity contribution in [2.24, 2.45) is 17.8 Å². The molecule has 1 aliphatic heterocycles. The Labute approximate surface area is 84.5 Å². The van der Waals surface area contributed by atoms with E-state index in [4.69, 9.17) is 0 Å². The lowest BCUT2D eigenvalue weighted by Crippen LogP contribution is -2.44. The van der Waals surface area contributed by atoms with E-state index in [9.17, 15) is 9.59 Å². The van der Waals surface area contributed by atoms with Gasteiger partial charge in [-0.2, -0.15) is 0 Å². The number of piperidine rings is 1. The van der Waals surface area contributed by atoms with Gasteiger partial charge in [-0.3, -0.25) is 9.59 Å². The summed E-state index contributed by atoms with van der Waals surface area (Å²) >= 11 is 0. The highest BCUT2D eigenvalue weighted by Crippen LogP contribution is 2.39. The van der Waals surface area contributed by atoms with E-state index in [-0.39, 0.29) is 17.7 Å². The van der Waals surface area contributed by atoms with Crippen LogP contribution in [0.4, 0.5) is 0 Å². The number of Topliss-reactive ketones (excluding diaryl/α,β-unsaturated/α-hetero) is 1. The summed E-state index contributed by atoms with van der Waals surface area (Å²) in [6.45, 7) is 5.31. The molecule has 14 heavy (non-hydrogen) atoms. The van der Waals surface area contributed by atoms with Gasteiger partial charge in [-0.05, 0) is 12.3 Å². The zero-order valence-electron chi connectivity index (χ0n) is 8.82. The van der Waals surface area contributed by atoms with Crippen molar-refractivity contribution in [1.82, 2.24) is 4.90 Å². The van der Waals surface area contributed by atoms with E-state index in [0.717, 1.165) is 6.42 Å². The van der Waals surface area contributed by atoms with Crippen LogP contribution in [0.5, 0.6) is 0 Å². The summed E-state index contributed by atoms with van der Waals surface area (Å²) in [6.07, 6.45) is 1.59. The van der Waals surface area contributed by atoms with Crippen molar-refractivity contribution in [3.05, 3.63) is 0 Å². The van der Waals surface area contributed by atoms with E-state index in [0.29, 0.717) is 31.2 Å². The first-order chi connectivity index (χ1) is 6.59. The van der Waals surface area contributed by atoms with Crippen molar-refractivity contribution in [2.75, 3.05) is 13.1 Å². The summed E-state index contributed by atoms with van der Waals surface area (Å²) in [6, 6.07) is 0. The lowest BCUT2D eigenvalue weighted by Gasteiger charge is -2.30. The Hall–Kier alpha value is -0.860. The van der Waals surface area contributed by atoms with Crippen molar-refractivity contribution < 1.29 is 9.59 Å².